The predicted molar refractivity (Wildman–Crippen MR) is 46.0 cm³/mol. The van der Waals surface area contributed by atoms with E-state index in [2.05, 4.69) is 12.2 Å². The van der Waals surface area contributed by atoms with Crippen molar-refractivity contribution in [3.63, 3.8) is 0 Å². The molecule has 2 N–H and O–H groups in total. The molecule has 2 heterocycles. The lowest BCUT2D eigenvalue weighted by atomic mass is 9.72. The zero-order valence-electron chi connectivity index (χ0n) is 7.55. The van der Waals surface area contributed by atoms with Crippen molar-refractivity contribution in [2.75, 3.05) is 19.7 Å². The Morgan fingerprint density at radius 2 is 2.08 bits per heavy atom. The van der Waals surface area contributed by atoms with Gasteiger partial charge in [-0.2, -0.15) is 0 Å². The lowest BCUT2D eigenvalue weighted by Crippen LogP contribution is -2.46. The van der Waals surface area contributed by atoms with Gasteiger partial charge in [-0.25, -0.2) is 0 Å². The Bertz CT molecular complexity index is 154. The molecule has 0 aliphatic carbocycles. The molecule has 1 spiro atoms. The van der Waals surface area contributed by atoms with Crippen LogP contribution in [0.5, 0.6) is 0 Å². The van der Waals surface area contributed by atoms with E-state index in [1.165, 1.54) is 0 Å². The summed E-state index contributed by atoms with van der Waals surface area (Å²) in [6.45, 7) is 4.65. The van der Waals surface area contributed by atoms with Crippen LogP contribution in [0.2, 0.25) is 0 Å². The van der Waals surface area contributed by atoms with Crippen LogP contribution >= 0.6 is 0 Å². The van der Waals surface area contributed by atoms with Gasteiger partial charge in [0.25, 0.3) is 0 Å². The summed E-state index contributed by atoms with van der Waals surface area (Å²) < 4.78 is 5.48. The number of nitrogens with one attached hydrogen (secondary N) is 1. The van der Waals surface area contributed by atoms with E-state index in [0.717, 1.165) is 25.9 Å². The van der Waals surface area contributed by atoms with Gasteiger partial charge in [0.2, 0.25) is 0 Å². The molecule has 0 aromatic rings. The zero-order valence-corrected chi connectivity index (χ0v) is 7.55. The lowest BCUT2D eigenvalue weighted by Gasteiger charge is -2.38. The highest BCUT2D eigenvalue weighted by molar-refractivity contribution is 4.98. The summed E-state index contributed by atoms with van der Waals surface area (Å²) in [5, 5.41) is 13.1. The number of aliphatic hydroxyl groups excluding tert-OH is 1. The molecule has 12 heavy (non-hydrogen) atoms. The van der Waals surface area contributed by atoms with Crippen molar-refractivity contribution in [1.82, 2.24) is 5.32 Å². The monoisotopic (exact) mass is 171 g/mol. The van der Waals surface area contributed by atoms with Crippen molar-refractivity contribution in [2.24, 2.45) is 5.41 Å². The van der Waals surface area contributed by atoms with Gasteiger partial charge < -0.3 is 15.2 Å². The number of hydrogen-bond acceptors (Lipinski definition) is 3. The molecular formula is C9H17NO2. The third-order valence-corrected chi connectivity index (χ3v) is 3.51. The van der Waals surface area contributed by atoms with Crippen LogP contribution < -0.4 is 5.32 Å². The zero-order chi connectivity index (χ0) is 8.60. The standard InChI is InChI=1S/C9H17NO2/c1-7-9(8(11)6-12-7)2-4-10-5-3-9/h7-8,10-11H,2-6H2,1H3. The summed E-state index contributed by atoms with van der Waals surface area (Å²) >= 11 is 0. The average Bonchev–Trinajstić information content (AvgIpc) is 2.36. The van der Waals surface area contributed by atoms with Crippen molar-refractivity contribution >= 4 is 0 Å². The van der Waals surface area contributed by atoms with E-state index in [1.807, 2.05) is 0 Å². The summed E-state index contributed by atoms with van der Waals surface area (Å²) in [4.78, 5) is 0. The molecule has 3 nitrogen and oxygen atoms in total. The highest BCUT2D eigenvalue weighted by atomic mass is 16.5. The average molecular weight is 171 g/mol. The number of aliphatic hydroxyl groups is 1. The third kappa shape index (κ3) is 1.08. The highest BCUT2D eigenvalue weighted by Crippen LogP contribution is 2.42. The fourth-order valence-corrected chi connectivity index (χ4v) is 2.47. The van der Waals surface area contributed by atoms with E-state index >= 15 is 0 Å². The summed E-state index contributed by atoms with van der Waals surface area (Å²) in [5.41, 5.74) is 0.0608. The molecule has 0 amide bonds. The molecule has 0 aromatic carbocycles. The highest BCUT2D eigenvalue weighted by Gasteiger charge is 2.48. The molecule has 0 bridgehead atoms. The third-order valence-electron chi connectivity index (χ3n) is 3.51. The smallest absolute Gasteiger partial charge is 0.0855 e. The number of hydrogen-bond donors (Lipinski definition) is 2. The van der Waals surface area contributed by atoms with Crippen LogP contribution in [0.1, 0.15) is 19.8 Å². The summed E-state index contributed by atoms with van der Waals surface area (Å²) in [7, 11) is 0. The topological polar surface area (TPSA) is 41.5 Å². The molecule has 2 saturated heterocycles. The van der Waals surface area contributed by atoms with Gasteiger partial charge >= 0.3 is 0 Å². The molecule has 2 aliphatic rings. The Kier molecular flexibility index (Phi) is 2.10. The van der Waals surface area contributed by atoms with Crippen LogP contribution in [0.15, 0.2) is 0 Å². The normalized spacial score (nSPS) is 40.5. The molecule has 0 aromatic heterocycles. The van der Waals surface area contributed by atoms with E-state index in [0.29, 0.717) is 6.61 Å². The lowest BCUT2D eigenvalue weighted by molar-refractivity contribution is 0.0122. The van der Waals surface area contributed by atoms with Crippen LogP contribution in [0.25, 0.3) is 0 Å². The van der Waals surface area contributed by atoms with Crippen LogP contribution in [-0.2, 0) is 4.74 Å². The van der Waals surface area contributed by atoms with Crippen molar-refractivity contribution < 1.29 is 9.84 Å². The molecule has 2 unspecified atom stereocenters. The maximum absolute atomic E-state index is 9.82. The van der Waals surface area contributed by atoms with E-state index in [4.69, 9.17) is 4.74 Å². The van der Waals surface area contributed by atoms with E-state index in [-0.39, 0.29) is 17.6 Å². The van der Waals surface area contributed by atoms with E-state index in [1.54, 1.807) is 0 Å². The van der Waals surface area contributed by atoms with Crippen molar-refractivity contribution in [2.45, 2.75) is 32.0 Å². The second kappa shape index (κ2) is 2.98. The van der Waals surface area contributed by atoms with Gasteiger partial charge in [-0.3, -0.25) is 0 Å². The Labute approximate surface area is 73.1 Å². The summed E-state index contributed by atoms with van der Waals surface area (Å²) in [6, 6.07) is 0. The van der Waals surface area contributed by atoms with Crippen LogP contribution in [0, 0.1) is 5.41 Å². The first-order chi connectivity index (χ1) is 5.76. The molecule has 0 saturated carbocycles. The van der Waals surface area contributed by atoms with Crippen LogP contribution in [0.3, 0.4) is 0 Å². The van der Waals surface area contributed by atoms with Gasteiger partial charge in [0.1, 0.15) is 0 Å². The molecule has 2 atom stereocenters. The Hall–Kier alpha value is -0.120. The van der Waals surface area contributed by atoms with Crippen LogP contribution in [0.4, 0.5) is 0 Å². The Morgan fingerprint density at radius 3 is 2.58 bits per heavy atom. The number of ether oxygens (including phenoxy) is 1. The van der Waals surface area contributed by atoms with Gasteiger partial charge in [-0.15, -0.1) is 0 Å². The van der Waals surface area contributed by atoms with Gasteiger partial charge in [0, 0.05) is 5.41 Å². The quantitative estimate of drug-likeness (QED) is 0.544. The minimum Gasteiger partial charge on any atom is -0.390 e. The molecular weight excluding hydrogens is 154 g/mol. The first-order valence-electron chi connectivity index (χ1n) is 4.76. The molecule has 2 aliphatic heterocycles. The predicted octanol–water partition coefficient (Wildman–Crippen LogP) is 0.136. The SMILES string of the molecule is CC1OCC(O)C12CCNCC2. The molecule has 3 heteroatoms. The van der Waals surface area contributed by atoms with Crippen molar-refractivity contribution in [3.05, 3.63) is 0 Å². The molecule has 2 fully saturated rings. The minimum atomic E-state index is -0.241. The maximum atomic E-state index is 9.82. The molecule has 70 valence electrons. The van der Waals surface area contributed by atoms with E-state index < -0.39 is 0 Å². The van der Waals surface area contributed by atoms with Gasteiger partial charge in [-0.05, 0) is 32.9 Å². The first kappa shape index (κ1) is 8.48. The number of rotatable bonds is 0. The second-order valence-corrected chi connectivity index (χ2v) is 3.97. The largest absolute Gasteiger partial charge is 0.390 e. The van der Waals surface area contributed by atoms with Gasteiger partial charge in [-0.1, -0.05) is 0 Å². The molecule has 2 rings (SSSR count). The van der Waals surface area contributed by atoms with E-state index in [9.17, 15) is 5.11 Å². The van der Waals surface area contributed by atoms with Gasteiger partial charge in [0.05, 0.1) is 18.8 Å². The van der Waals surface area contributed by atoms with Crippen molar-refractivity contribution in [1.29, 1.82) is 0 Å². The van der Waals surface area contributed by atoms with Gasteiger partial charge in [0.15, 0.2) is 0 Å². The van der Waals surface area contributed by atoms with Crippen molar-refractivity contribution in [3.8, 4) is 0 Å². The Morgan fingerprint density at radius 1 is 1.42 bits per heavy atom. The Balaban J connectivity index is 2.14. The maximum Gasteiger partial charge on any atom is 0.0855 e. The number of piperidine rings is 1. The fourth-order valence-electron chi connectivity index (χ4n) is 2.47. The summed E-state index contributed by atoms with van der Waals surface area (Å²) in [6.07, 6.45) is 2.09. The van der Waals surface area contributed by atoms with Crippen LogP contribution in [-0.4, -0.2) is 37.0 Å². The second-order valence-electron chi connectivity index (χ2n) is 3.97. The molecule has 0 radical (unpaired) electrons. The fraction of sp³-hybridized carbons (Fsp3) is 1.00. The summed E-state index contributed by atoms with van der Waals surface area (Å²) in [5.74, 6) is 0. The minimum absolute atomic E-state index is 0.0608. The first-order valence-corrected chi connectivity index (χ1v) is 4.76.